The van der Waals surface area contributed by atoms with Gasteiger partial charge in [0, 0.05) is 8.95 Å². The predicted octanol–water partition coefficient (Wildman–Crippen LogP) is -1.30. The van der Waals surface area contributed by atoms with Crippen molar-refractivity contribution in [2.75, 3.05) is 5.73 Å². The molecule has 0 unspecified atom stereocenters. The zero-order valence-corrected chi connectivity index (χ0v) is 13.1. The first-order chi connectivity index (χ1) is 5.82. The van der Waals surface area contributed by atoms with Crippen molar-refractivity contribution in [2.45, 2.75) is 4.90 Å². The maximum atomic E-state index is 10.6. The van der Waals surface area contributed by atoms with Crippen LogP contribution in [-0.4, -0.2) is 13.0 Å². The molecule has 1 aromatic rings. The third-order valence-electron chi connectivity index (χ3n) is 1.34. The second-order valence-electron chi connectivity index (χ2n) is 2.25. The summed E-state index contributed by atoms with van der Waals surface area (Å²) in [5, 5.41) is 0. The molecule has 0 heterocycles. The number of hydrogen-bond donors (Lipinski definition) is 1. The first-order valence-electron chi connectivity index (χ1n) is 3.03. The van der Waals surface area contributed by atoms with E-state index in [-0.39, 0.29) is 34.5 Å². The molecule has 0 saturated heterocycles. The molecule has 4 nitrogen and oxygen atoms in total. The molecule has 14 heavy (non-hydrogen) atoms. The van der Waals surface area contributed by atoms with E-state index in [4.69, 9.17) is 5.73 Å². The van der Waals surface area contributed by atoms with Gasteiger partial charge in [-0.05, 0) is 44.0 Å². The fourth-order valence-electron chi connectivity index (χ4n) is 0.705. The quantitative estimate of drug-likeness (QED) is 0.387. The number of nitrogen functional groups attached to an aromatic ring is 1. The summed E-state index contributed by atoms with van der Waals surface area (Å²) in [6.07, 6.45) is 0. The van der Waals surface area contributed by atoms with Crippen LogP contribution in [0, 0.1) is 0 Å². The summed E-state index contributed by atoms with van der Waals surface area (Å²) >= 11 is 6.06. The van der Waals surface area contributed by atoms with Crippen LogP contribution in [0.25, 0.3) is 0 Å². The van der Waals surface area contributed by atoms with Crippen molar-refractivity contribution in [3.63, 3.8) is 0 Å². The number of nitrogens with two attached hydrogens (primary N) is 1. The second-order valence-corrected chi connectivity index (χ2v) is 5.34. The van der Waals surface area contributed by atoms with Crippen molar-refractivity contribution in [1.29, 1.82) is 0 Å². The standard InChI is InChI=1S/C6H5Br2NO3S.Na/c7-4-1-3(13(10,11)12)2-5(8)6(4)9;/h1-2H,9H2,(H,10,11,12);/q;+1/p-1. The van der Waals surface area contributed by atoms with E-state index >= 15 is 0 Å². The van der Waals surface area contributed by atoms with Crippen LogP contribution >= 0.6 is 31.9 Å². The first kappa shape index (κ1) is 14.9. The Bertz CT molecular complexity index is 425. The van der Waals surface area contributed by atoms with Gasteiger partial charge in [0.2, 0.25) is 0 Å². The molecule has 0 atom stereocenters. The Labute approximate surface area is 121 Å². The van der Waals surface area contributed by atoms with Gasteiger partial charge in [0.25, 0.3) is 0 Å². The maximum Gasteiger partial charge on any atom is 1.00 e. The smallest absolute Gasteiger partial charge is 0.744 e. The van der Waals surface area contributed by atoms with Crippen LogP contribution in [0.3, 0.4) is 0 Å². The minimum absolute atomic E-state index is 0. The van der Waals surface area contributed by atoms with Crippen molar-refractivity contribution in [3.05, 3.63) is 21.1 Å². The van der Waals surface area contributed by atoms with Crippen LogP contribution in [0.1, 0.15) is 0 Å². The van der Waals surface area contributed by atoms with Crippen LogP contribution < -0.4 is 35.3 Å². The molecule has 0 saturated carbocycles. The summed E-state index contributed by atoms with van der Waals surface area (Å²) in [7, 11) is -4.43. The molecular formula is C6H4Br2NNaO3S. The molecule has 8 heteroatoms. The van der Waals surface area contributed by atoms with E-state index in [9.17, 15) is 13.0 Å². The molecule has 1 rings (SSSR count). The van der Waals surface area contributed by atoms with Gasteiger partial charge in [-0.15, -0.1) is 0 Å². The van der Waals surface area contributed by atoms with Crippen LogP contribution in [0.5, 0.6) is 0 Å². The number of anilines is 1. The molecular weight excluding hydrogens is 349 g/mol. The Balaban J connectivity index is 0.00000169. The van der Waals surface area contributed by atoms with Gasteiger partial charge in [-0.2, -0.15) is 0 Å². The fourth-order valence-corrected chi connectivity index (χ4v) is 2.72. The first-order valence-corrected chi connectivity index (χ1v) is 6.02. The Morgan fingerprint density at radius 2 is 1.57 bits per heavy atom. The van der Waals surface area contributed by atoms with E-state index in [0.717, 1.165) is 0 Å². The third kappa shape index (κ3) is 3.48. The van der Waals surface area contributed by atoms with Crippen LogP contribution in [-0.2, 0) is 10.1 Å². The zero-order valence-electron chi connectivity index (χ0n) is 7.12. The topological polar surface area (TPSA) is 83.2 Å². The van der Waals surface area contributed by atoms with Crippen LogP contribution in [0.15, 0.2) is 26.0 Å². The maximum absolute atomic E-state index is 10.6. The Hall–Kier alpha value is 0.890. The third-order valence-corrected chi connectivity index (χ3v) is 3.47. The normalized spacial score (nSPS) is 10.8. The van der Waals surface area contributed by atoms with Crippen LogP contribution in [0.4, 0.5) is 5.69 Å². The largest absolute Gasteiger partial charge is 1.00 e. The molecule has 0 amide bonds. The van der Waals surface area contributed by atoms with Crippen molar-refractivity contribution < 1.29 is 42.5 Å². The van der Waals surface area contributed by atoms with Gasteiger partial charge >= 0.3 is 29.6 Å². The predicted molar refractivity (Wildman–Crippen MR) is 54.2 cm³/mol. The number of halogens is 2. The number of rotatable bonds is 1. The minimum atomic E-state index is -4.43. The summed E-state index contributed by atoms with van der Waals surface area (Å²) in [4.78, 5) is -0.319. The van der Waals surface area contributed by atoms with E-state index in [1.165, 1.54) is 12.1 Å². The zero-order chi connectivity index (χ0) is 10.2. The summed E-state index contributed by atoms with van der Waals surface area (Å²) in [5.41, 5.74) is 5.86. The Morgan fingerprint density at radius 1 is 1.21 bits per heavy atom. The van der Waals surface area contributed by atoms with E-state index in [2.05, 4.69) is 31.9 Å². The average Bonchev–Trinajstić information content (AvgIpc) is 1.97. The van der Waals surface area contributed by atoms with Crippen molar-refractivity contribution >= 4 is 47.7 Å². The summed E-state index contributed by atoms with van der Waals surface area (Å²) < 4.78 is 32.6. The van der Waals surface area contributed by atoms with Gasteiger partial charge in [0.15, 0.2) is 0 Å². The molecule has 0 radical (unpaired) electrons. The molecule has 0 aliphatic heterocycles. The second kappa shape index (κ2) is 5.29. The van der Waals surface area contributed by atoms with E-state index < -0.39 is 10.1 Å². The van der Waals surface area contributed by atoms with E-state index in [0.29, 0.717) is 14.6 Å². The van der Waals surface area contributed by atoms with Gasteiger partial charge in [0.05, 0.1) is 10.6 Å². The molecule has 0 aromatic heterocycles. The molecule has 0 fully saturated rings. The summed E-state index contributed by atoms with van der Waals surface area (Å²) in [6, 6.07) is 2.34. The monoisotopic (exact) mass is 351 g/mol. The SMILES string of the molecule is Nc1c(Br)cc(S(=O)(=O)[O-])cc1Br.[Na+]. The molecule has 0 bridgehead atoms. The number of hydrogen-bond acceptors (Lipinski definition) is 4. The molecule has 0 aliphatic carbocycles. The van der Waals surface area contributed by atoms with Gasteiger partial charge < -0.3 is 10.3 Å². The fraction of sp³-hybridized carbons (Fsp3) is 0. The van der Waals surface area contributed by atoms with E-state index in [1.54, 1.807) is 0 Å². The number of benzene rings is 1. The van der Waals surface area contributed by atoms with Crippen molar-refractivity contribution in [1.82, 2.24) is 0 Å². The van der Waals surface area contributed by atoms with Crippen LogP contribution in [0.2, 0.25) is 0 Å². The Kier molecular flexibility index (Phi) is 5.62. The molecule has 72 valence electrons. The molecule has 2 N–H and O–H groups in total. The van der Waals surface area contributed by atoms with Crippen molar-refractivity contribution in [2.24, 2.45) is 0 Å². The molecule has 0 aliphatic rings. The van der Waals surface area contributed by atoms with Crippen molar-refractivity contribution in [3.8, 4) is 0 Å². The average molecular weight is 353 g/mol. The van der Waals surface area contributed by atoms with Gasteiger partial charge in [-0.3, -0.25) is 0 Å². The van der Waals surface area contributed by atoms with Gasteiger partial charge in [-0.1, -0.05) is 0 Å². The van der Waals surface area contributed by atoms with Gasteiger partial charge in [-0.25, -0.2) is 8.42 Å². The molecule has 1 aromatic carbocycles. The van der Waals surface area contributed by atoms with Gasteiger partial charge in [0.1, 0.15) is 10.1 Å². The molecule has 0 spiro atoms. The summed E-state index contributed by atoms with van der Waals surface area (Å²) in [6.45, 7) is 0. The summed E-state index contributed by atoms with van der Waals surface area (Å²) in [5.74, 6) is 0. The minimum Gasteiger partial charge on any atom is -0.744 e. The van der Waals surface area contributed by atoms with E-state index in [1.807, 2.05) is 0 Å². The Morgan fingerprint density at radius 3 is 1.86 bits per heavy atom.